The third-order valence-electron chi connectivity index (χ3n) is 3.91. The Labute approximate surface area is 140 Å². The van der Waals surface area contributed by atoms with E-state index >= 15 is 0 Å². The molecule has 0 spiro atoms. The first-order valence-corrected chi connectivity index (χ1v) is 8.31. The Morgan fingerprint density at radius 1 is 1.00 bits per heavy atom. The lowest BCUT2D eigenvalue weighted by Crippen LogP contribution is -2.24. The van der Waals surface area contributed by atoms with E-state index in [0.717, 1.165) is 36.2 Å². The lowest BCUT2D eigenvalue weighted by Gasteiger charge is -2.20. The second-order valence-corrected chi connectivity index (χ2v) is 6.82. The van der Waals surface area contributed by atoms with Gasteiger partial charge in [0, 0.05) is 30.5 Å². The van der Waals surface area contributed by atoms with Crippen LogP contribution >= 0.6 is 0 Å². The number of aromatic nitrogens is 2. The van der Waals surface area contributed by atoms with Crippen molar-refractivity contribution in [3.63, 3.8) is 0 Å². The highest BCUT2D eigenvalue weighted by Gasteiger charge is 2.13. The molecule has 0 aliphatic heterocycles. The van der Waals surface area contributed by atoms with Crippen LogP contribution in [0, 0.1) is 6.92 Å². The fourth-order valence-electron chi connectivity index (χ4n) is 2.47. The van der Waals surface area contributed by atoms with Crippen LogP contribution in [0.1, 0.15) is 45.9 Å². The average molecular weight is 312 g/mol. The number of hydrogen-bond acceptors (Lipinski definition) is 4. The smallest absolute Gasteiger partial charge is 0.227 e. The van der Waals surface area contributed by atoms with Crippen LogP contribution in [0.5, 0.6) is 0 Å². The molecule has 2 rings (SSSR count). The summed E-state index contributed by atoms with van der Waals surface area (Å²) in [5.74, 6) is 1.62. The van der Waals surface area contributed by atoms with Crippen molar-refractivity contribution < 1.29 is 0 Å². The molecule has 4 heteroatoms. The van der Waals surface area contributed by atoms with Gasteiger partial charge in [0.1, 0.15) is 5.82 Å². The van der Waals surface area contributed by atoms with Gasteiger partial charge < -0.3 is 10.2 Å². The molecule has 0 bridgehead atoms. The van der Waals surface area contributed by atoms with Crippen molar-refractivity contribution in [3.05, 3.63) is 41.6 Å². The van der Waals surface area contributed by atoms with E-state index in [-0.39, 0.29) is 5.41 Å². The predicted molar refractivity (Wildman–Crippen MR) is 98.8 cm³/mol. The molecule has 4 nitrogen and oxygen atoms in total. The molecule has 23 heavy (non-hydrogen) atoms. The first-order valence-electron chi connectivity index (χ1n) is 8.31. The van der Waals surface area contributed by atoms with Crippen molar-refractivity contribution in [2.24, 2.45) is 0 Å². The monoisotopic (exact) mass is 312 g/mol. The molecular weight excluding hydrogens is 284 g/mol. The van der Waals surface area contributed by atoms with Crippen LogP contribution in [0.25, 0.3) is 0 Å². The third-order valence-corrected chi connectivity index (χ3v) is 3.91. The summed E-state index contributed by atoms with van der Waals surface area (Å²) in [7, 11) is 0. The molecule has 0 aliphatic rings. The molecule has 0 aliphatic carbocycles. The van der Waals surface area contributed by atoms with Crippen molar-refractivity contribution in [1.29, 1.82) is 0 Å². The van der Waals surface area contributed by atoms with Crippen LogP contribution in [-0.4, -0.2) is 23.1 Å². The highest BCUT2D eigenvalue weighted by atomic mass is 15.3. The van der Waals surface area contributed by atoms with Crippen molar-refractivity contribution in [2.45, 2.75) is 47.0 Å². The topological polar surface area (TPSA) is 41.1 Å². The van der Waals surface area contributed by atoms with Gasteiger partial charge in [-0.05, 0) is 43.9 Å². The molecule has 0 unspecified atom stereocenters. The summed E-state index contributed by atoms with van der Waals surface area (Å²) in [6.07, 6.45) is 0. The molecule has 2 aromatic rings. The van der Waals surface area contributed by atoms with Gasteiger partial charge in [-0.25, -0.2) is 4.98 Å². The standard InChI is InChI=1S/C19H28N4/c1-7-23(8-2)18-20-14(3)13-17(22-18)21-16-11-9-15(10-12-16)19(4,5)6/h9-13H,7-8H2,1-6H3,(H,20,21,22). The number of nitrogens with one attached hydrogen (secondary N) is 1. The van der Waals surface area contributed by atoms with Gasteiger partial charge in [0.15, 0.2) is 0 Å². The minimum atomic E-state index is 0.167. The molecule has 1 N–H and O–H groups in total. The second kappa shape index (κ2) is 6.99. The van der Waals surface area contributed by atoms with Crippen molar-refractivity contribution in [1.82, 2.24) is 9.97 Å². The molecule has 0 atom stereocenters. The van der Waals surface area contributed by atoms with E-state index in [2.05, 4.69) is 79.1 Å². The zero-order chi connectivity index (χ0) is 17.0. The highest BCUT2D eigenvalue weighted by Crippen LogP contribution is 2.25. The number of nitrogens with zero attached hydrogens (tertiary/aromatic N) is 3. The van der Waals surface area contributed by atoms with Crippen LogP contribution in [0.4, 0.5) is 17.5 Å². The van der Waals surface area contributed by atoms with Gasteiger partial charge in [-0.1, -0.05) is 32.9 Å². The van der Waals surface area contributed by atoms with Gasteiger partial charge in [0.25, 0.3) is 0 Å². The largest absolute Gasteiger partial charge is 0.341 e. The Kier molecular flexibility index (Phi) is 5.24. The fourth-order valence-corrected chi connectivity index (χ4v) is 2.47. The minimum Gasteiger partial charge on any atom is -0.341 e. The predicted octanol–water partition coefficient (Wildman–Crippen LogP) is 4.67. The van der Waals surface area contributed by atoms with Crippen LogP contribution in [0.3, 0.4) is 0 Å². The van der Waals surface area contributed by atoms with Crippen molar-refractivity contribution >= 4 is 17.5 Å². The van der Waals surface area contributed by atoms with Gasteiger partial charge in [-0.2, -0.15) is 4.98 Å². The van der Waals surface area contributed by atoms with E-state index in [1.807, 2.05) is 13.0 Å². The number of benzene rings is 1. The van der Waals surface area contributed by atoms with E-state index in [0.29, 0.717) is 0 Å². The van der Waals surface area contributed by atoms with Gasteiger partial charge in [-0.3, -0.25) is 0 Å². The molecule has 0 amide bonds. The van der Waals surface area contributed by atoms with Gasteiger partial charge in [0.05, 0.1) is 0 Å². The Hall–Kier alpha value is -2.10. The van der Waals surface area contributed by atoms with Crippen LogP contribution < -0.4 is 10.2 Å². The normalized spacial score (nSPS) is 11.4. The van der Waals surface area contributed by atoms with E-state index < -0.39 is 0 Å². The third kappa shape index (κ3) is 4.44. The summed E-state index contributed by atoms with van der Waals surface area (Å²) in [6.45, 7) is 14.7. The molecule has 1 aromatic carbocycles. The maximum Gasteiger partial charge on any atom is 0.227 e. The quantitative estimate of drug-likeness (QED) is 0.871. The number of rotatable bonds is 5. The van der Waals surface area contributed by atoms with Crippen LogP contribution in [0.2, 0.25) is 0 Å². The second-order valence-electron chi connectivity index (χ2n) is 6.82. The van der Waals surface area contributed by atoms with Gasteiger partial charge >= 0.3 is 0 Å². The molecule has 1 heterocycles. The summed E-state index contributed by atoms with van der Waals surface area (Å²) in [6, 6.07) is 10.5. The van der Waals surface area contributed by atoms with Crippen LogP contribution in [-0.2, 0) is 5.41 Å². The summed E-state index contributed by atoms with van der Waals surface area (Å²) < 4.78 is 0. The zero-order valence-corrected chi connectivity index (χ0v) is 15.1. The van der Waals surface area contributed by atoms with Gasteiger partial charge in [0.2, 0.25) is 5.95 Å². The van der Waals surface area contributed by atoms with E-state index in [4.69, 9.17) is 0 Å². The number of anilines is 3. The average Bonchev–Trinajstić information content (AvgIpc) is 2.47. The maximum atomic E-state index is 4.65. The molecule has 0 saturated carbocycles. The first kappa shape index (κ1) is 17.3. The molecule has 0 fully saturated rings. The molecular formula is C19H28N4. The Bertz CT molecular complexity index is 637. The number of hydrogen-bond donors (Lipinski definition) is 1. The first-order chi connectivity index (χ1) is 10.8. The fraction of sp³-hybridized carbons (Fsp3) is 0.474. The van der Waals surface area contributed by atoms with E-state index in [9.17, 15) is 0 Å². The maximum absolute atomic E-state index is 4.65. The summed E-state index contributed by atoms with van der Waals surface area (Å²) in [4.78, 5) is 11.3. The Balaban J connectivity index is 2.23. The Morgan fingerprint density at radius 3 is 2.13 bits per heavy atom. The molecule has 0 saturated heterocycles. The van der Waals surface area contributed by atoms with Crippen molar-refractivity contribution in [2.75, 3.05) is 23.3 Å². The molecule has 1 aromatic heterocycles. The SMILES string of the molecule is CCN(CC)c1nc(C)cc(Nc2ccc(C(C)(C)C)cc2)n1. The van der Waals surface area contributed by atoms with E-state index in [1.165, 1.54) is 5.56 Å². The summed E-state index contributed by atoms with van der Waals surface area (Å²) >= 11 is 0. The lowest BCUT2D eigenvalue weighted by molar-refractivity contribution is 0.590. The summed E-state index contributed by atoms with van der Waals surface area (Å²) in [5, 5.41) is 3.39. The van der Waals surface area contributed by atoms with Gasteiger partial charge in [-0.15, -0.1) is 0 Å². The van der Waals surface area contributed by atoms with E-state index in [1.54, 1.807) is 0 Å². The molecule has 124 valence electrons. The zero-order valence-electron chi connectivity index (χ0n) is 15.1. The Morgan fingerprint density at radius 2 is 1.61 bits per heavy atom. The summed E-state index contributed by atoms with van der Waals surface area (Å²) in [5.41, 5.74) is 3.50. The van der Waals surface area contributed by atoms with Crippen LogP contribution in [0.15, 0.2) is 30.3 Å². The minimum absolute atomic E-state index is 0.167. The number of aryl methyl sites for hydroxylation is 1. The highest BCUT2D eigenvalue weighted by molar-refractivity contribution is 5.58. The lowest BCUT2D eigenvalue weighted by atomic mass is 9.87. The molecule has 0 radical (unpaired) electrons. The van der Waals surface area contributed by atoms with Crippen molar-refractivity contribution in [3.8, 4) is 0 Å².